The first-order chi connectivity index (χ1) is 11.4. The Morgan fingerprint density at radius 2 is 1.62 bits per heavy atom. The third-order valence-electron chi connectivity index (χ3n) is 3.01. The minimum Gasteiger partial charge on any atom is -0.497 e. The number of amides is 2. The Bertz CT molecular complexity index is 759. The number of carbonyl (C=O) groups excluding carboxylic acids is 1. The normalized spacial score (nSPS) is 9.96. The second kappa shape index (κ2) is 7.51. The van der Waals surface area contributed by atoms with Crippen molar-refractivity contribution in [3.8, 4) is 11.5 Å². The van der Waals surface area contributed by atoms with E-state index >= 15 is 0 Å². The summed E-state index contributed by atoms with van der Waals surface area (Å²) < 4.78 is 10.2. The summed E-state index contributed by atoms with van der Waals surface area (Å²) in [4.78, 5) is 22.3. The van der Waals surface area contributed by atoms with Gasteiger partial charge in [-0.2, -0.15) is 0 Å². The van der Waals surface area contributed by atoms with Crippen molar-refractivity contribution in [2.45, 2.75) is 0 Å². The average molecular weight is 352 g/mol. The predicted molar refractivity (Wildman–Crippen MR) is 90.3 cm³/mol. The van der Waals surface area contributed by atoms with Gasteiger partial charge in [0.15, 0.2) is 0 Å². The number of urea groups is 1. The summed E-state index contributed by atoms with van der Waals surface area (Å²) in [6.45, 7) is 0. The number of hydrogen-bond acceptors (Lipinski definition) is 5. The molecule has 0 fully saturated rings. The summed E-state index contributed by atoms with van der Waals surface area (Å²) in [6.07, 6.45) is 0. The lowest BCUT2D eigenvalue weighted by molar-refractivity contribution is -0.384. The Labute approximate surface area is 142 Å². The van der Waals surface area contributed by atoms with Crippen LogP contribution >= 0.6 is 11.6 Å². The number of benzene rings is 2. The van der Waals surface area contributed by atoms with Crippen LogP contribution in [0.1, 0.15) is 0 Å². The molecule has 2 N–H and O–H groups in total. The summed E-state index contributed by atoms with van der Waals surface area (Å²) in [7, 11) is 2.98. The van der Waals surface area contributed by atoms with Crippen molar-refractivity contribution in [3.05, 3.63) is 51.5 Å². The van der Waals surface area contributed by atoms with Gasteiger partial charge in [0, 0.05) is 35.6 Å². The lowest BCUT2D eigenvalue weighted by atomic mass is 10.2. The molecule has 2 aromatic carbocycles. The number of nitrogens with one attached hydrogen (secondary N) is 2. The molecule has 9 heteroatoms. The molecule has 0 unspecified atom stereocenters. The smallest absolute Gasteiger partial charge is 0.323 e. The van der Waals surface area contributed by atoms with Crippen LogP contribution in [0.5, 0.6) is 11.5 Å². The third-order valence-corrected chi connectivity index (χ3v) is 3.33. The average Bonchev–Trinajstić information content (AvgIpc) is 2.55. The van der Waals surface area contributed by atoms with Crippen LogP contribution in [0, 0.1) is 10.1 Å². The SMILES string of the molecule is COc1cc(NC(=O)Nc2ccc(Cl)c([N+](=O)[O-])c2)cc(OC)c1. The van der Waals surface area contributed by atoms with E-state index in [1.54, 1.807) is 18.2 Å². The van der Waals surface area contributed by atoms with Gasteiger partial charge in [0.25, 0.3) is 5.69 Å². The molecule has 0 aromatic heterocycles. The summed E-state index contributed by atoms with van der Waals surface area (Å²) >= 11 is 5.73. The predicted octanol–water partition coefficient (Wildman–Crippen LogP) is 3.91. The lowest BCUT2D eigenvalue weighted by Gasteiger charge is -2.11. The van der Waals surface area contributed by atoms with Crippen LogP contribution in [0.4, 0.5) is 21.9 Å². The Kier molecular flexibility index (Phi) is 5.43. The van der Waals surface area contributed by atoms with Crippen LogP contribution in [0.15, 0.2) is 36.4 Å². The highest BCUT2D eigenvalue weighted by Gasteiger charge is 2.14. The molecule has 8 nitrogen and oxygen atoms in total. The van der Waals surface area contributed by atoms with E-state index in [2.05, 4.69) is 10.6 Å². The molecule has 0 heterocycles. The fourth-order valence-electron chi connectivity index (χ4n) is 1.90. The number of halogens is 1. The Hall–Kier alpha value is -3.00. The van der Waals surface area contributed by atoms with Crippen LogP contribution in [0.25, 0.3) is 0 Å². The molecule has 2 rings (SSSR count). The van der Waals surface area contributed by atoms with E-state index in [4.69, 9.17) is 21.1 Å². The van der Waals surface area contributed by atoms with Crippen LogP contribution in [0.2, 0.25) is 5.02 Å². The van der Waals surface area contributed by atoms with E-state index in [-0.39, 0.29) is 16.4 Å². The standard InChI is InChI=1S/C15H14ClN3O5/c1-23-11-5-10(6-12(8-11)24-2)18-15(20)17-9-3-4-13(16)14(7-9)19(21)22/h3-8H,1-2H3,(H2,17,18,20). The highest BCUT2D eigenvalue weighted by Crippen LogP contribution is 2.28. The van der Waals surface area contributed by atoms with Crippen molar-refractivity contribution in [3.63, 3.8) is 0 Å². The van der Waals surface area contributed by atoms with Crippen LogP contribution in [0.3, 0.4) is 0 Å². The zero-order chi connectivity index (χ0) is 17.7. The summed E-state index contributed by atoms with van der Waals surface area (Å²) in [5.74, 6) is 1.01. The van der Waals surface area contributed by atoms with Gasteiger partial charge in [-0.1, -0.05) is 11.6 Å². The molecule has 126 valence electrons. The summed E-state index contributed by atoms with van der Waals surface area (Å²) in [6, 6.07) is 8.26. The number of carbonyl (C=O) groups is 1. The van der Waals surface area contributed by atoms with Gasteiger partial charge in [-0.3, -0.25) is 10.1 Å². The van der Waals surface area contributed by atoms with E-state index in [9.17, 15) is 14.9 Å². The first kappa shape index (κ1) is 17.4. The number of nitro groups is 1. The number of nitrogens with zero attached hydrogens (tertiary/aromatic N) is 1. The molecule has 0 atom stereocenters. The number of anilines is 2. The van der Waals surface area contributed by atoms with E-state index in [1.807, 2.05) is 0 Å². The van der Waals surface area contributed by atoms with Crippen LogP contribution < -0.4 is 20.1 Å². The Balaban J connectivity index is 2.14. The van der Waals surface area contributed by atoms with Crippen molar-refractivity contribution >= 4 is 34.7 Å². The largest absolute Gasteiger partial charge is 0.497 e. The van der Waals surface area contributed by atoms with E-state index in [0.29, 0.717) is 17.2 Å². The van der Waals surface area contributed by atoms with Crippen LogP contribution in [-0.2, 0) is 0 Å². The monoisotopic (exact) mass is 351 g/mol. The molecule has 0 aliphatic carbocycles. The quantitative estimate of drug-likeness (QED) is 0.628. The summed E-state index contributed by atoms with van der Waals surface area (Å²) in [5, 5.41) is 15.9. The zero-order valence-electron chi connectivity index (χ0n) is 12.8. The molecule has 0 spiro atoms. The minimum atomic E-state index is -0.627. The molecule has 0 bridgehead atoms. The summed E-state index contributed by atoms with van der Waals surface area (Å²) in [5.41, 5.74) is 0.378. The van der Waals surface area contributed by atoms with Gasteiger partial charge < -0.3 is 20.1 Å². The first-order valence-corrected chi connectivity index (χ1v) is 7.05. The lowest BCUT2D eigenvalue weighted by Crippen LogP contribution is -2.19. The van der Waals surface area contributed by atoms with Crippen molar-refractivity contribution in [2.75, 3.05) is 24.9 Å². The first-order valence-electron chi connectivity index (χ1n) is 6.68. The van der Waals surface area contributed by atoms with Gasteiger partial charge in [0.1, 0.15) is 16.5 Å². The van der Waals surface area contributed by atoms with Gasteiger partial charge in [0.05, 0.1) is 19.1 Å². The molecule has 0 radical (unpaired) electrons. The van der Waals surface area contributed by atoms with Crippen molar-refractivity contribution in [2.24, 2.45) is 0 Å². The Morgan fingerprint density at radius 1 is 1.04 bits per heavy atom. The molecular formula is C15H14ClN3O5. The molecule has 0 aliphatic rings. The van der Waals surface area contributed by atoms with Crippen molar-refractivity contribution < 1.29 is 19.2 Å². The van der Waals surface area contributed by atoms with Crippen molar-refractivity contribution in [1.29, 1.82) is 0 Å². The zero-order valence-corrected chi connectivity index (χ0v) is 13.6. The van der Waals surface area contributed by atoms with Gasteiger partial charge in [-0.25, -0.2) is 4.79 Å². The van der Waals surface area contributed by atoms with Gasteiger partial charge in [-0.05, 0) is 12.1 Å². The fourth-order valence-corrected chi connectivity index (χ4v) is 2.09. The topological polar surface area (TPSA) is 103 Å². The van der Waals surface area contributed by atoms with Gasteiger partial charge >= 0.3 is 6.03 Å². The maximum Gasteiger partial charge on any atom is 0.323 e. The van der Waals surface area contributed by atoms with E-state index in [0.717, 1.165) is 0 Å². The number of methoxy groups -OCH3 is 2. The molecule has 0 saturated heterocycles. The molecule has 0 saturated carbocycles. The molecule has 0 aliphatic heterocycles. The third kappa shape index (κ3) is 4.26. The number of rotatable bonds is 5. The minimum absolute atomic E-state index is 0.0107. The Morgan fingerprint density at radius 3 is 2.17 bits per heavy atom. The maximum atomic E-state index is 12.0. The van der Waals surface area contributed by atoms with Gasteiger partial charge in [-0.15, -0.1) is 0 Å². The second-order valence-corrected chi connectivity index (χ2v) is 5.01. The maximum absolute atomic E-state index is 12.0. The molecule has 2 aromatic rings. The molecule has 24 heavy (non-hydrogen) atoms. The fraction of sp³-hybridized carbons (Fsp3) is 0.133. The van der Waals surface area contributed by atoms with Crippen molar-refractivity contribution in [1.82, 2.24) is 0 Å². The highest BCUT2D eigenvalue weighted by molar-refractivity contribution is 6.32. The molecular weight excluding hydrogens is 338 g/mol. The number of nitro benzene ring substituents is 1. The highest BCUT2D eigenvalue weighted by atomic mass is 35.5. The number of ether oxygens (including phenoxy) is 2. The van der Waals surface area contributed by atoms with E-state index < -0.39 is 11.0 Å². The van der Waals surface area contributed by atoms with E-state index in [1.165, 1.54) is 32.4 Å². The molecule has 2 amide bonds. The van der Waals surface area contributed by atoms with Gasteiger partial charge in [0.2, 0.25) is 0 Å². The second-order valence-electron chi connectivity index (χ2n) is 4.60. The number of hydrogen-bond donors (Lipinski definition) is 2. The van der Waals surface area contributed by atoms with Crippen LogP contribution in [-0.4, -0.2) is 25.2 Å².